The minimum absolute atomic E-state index is 1.16. The predicted octanol–water partition coefficient (Wildman–Crippen LogP) is 5.71. The summed E-state index contributed by atoms with van der Waals surface area (Å²) < 4.78 is 0. The molecule has 1 nitrogen and oxygen atoms in total. The maximum Gasteiger partial charge on any atom is 0.0414 e. The van der Waals surface area contributed by atoms with Crippen LogP contribution in [0.5, 0.6) is 0 Å². The molecular formula is C20H19N. The highest BCUT2D eigenvalue weighted by Crippen LogP contribution is 2.27. The van der Waals surface area contributed by atoms with Gasteiger partial charge in [-0.05, 0) is 54.3 Å². The van der Waals surface area contributed by atoms with Crippen molar-refractivity contribution in [3.63, 3.8) is 0 Å². The van der Waals surface area contributed by atoms with Crippen molar-refractivity contribution in [1.29, 1.82) is 0 Å². The van der Waals surface area contributed by atoms with Crippen LogP contribution in [-0.4, -0.2) is 0 Å². The van der Waals surface area contributed by atoms with E-state index in [1.807, 2.05) is 6.07 Å². The molecule has 104 valence electrons. The Morgan fingerprint density at radius 1 is 0.571 bits per heavy atom. The smallest absolute Gasteiger partial charge is 0.0414 e. The lowest BCUT2D eigenvalue weighted by atomic mass is 10.0. The first-order chi connectivity index (χ1) is 10.2. The summed E-state index contributed by atoms with van der Waals surface area (Å²) in [6.45, 7) is 4.27. The van der Waals surface area contributed by atoms with E-state index in [0.29, 0.717) is 0 Å². The Bertz CT molecular complexity index is 745. The number of para-hydroxylation sites is 1. The van der Waals surface area contributed by atoms with E-state index in [0.717, 1.165) is 11.4 Å². The van der Waals surface area contributed by atoms with Gasteiger partial charge in [0, 0.05) is 11.4 Å². The predicted molar refractivity (Wildman–Crippen MR) is 91.1 cm³/mol. The molecule has 0 spiro atoms. The molecule has 1 heteroatoms. The Morgan fingerprint density at radius 2 is 1.24 bits per heavy atom. The topological polar surface area (TPSA) is 12.0 Å². The Labute approximate surface area is 126 Å². The van der Waals surface area contributed by atoms with E-state index in [1.165, 1.54) is 22.3 Å². The summed E-state index contributed by atoms with van der Waals surface area (Å²) in [6.07, 6.45) is 0. The highest BCUT2D eigenvalue weighted by atomic mass is 14.9. The summed E-state index contributed by atoms with van der Waals surface area (Å²) in [5, 5.41) is 3.52. The average molecular weight is 273 g/mol. The van der Waals surface area contributed by atoms with Crippen LogP contribution in [0.3, 0.4) is 0 Å². The van der Waals surface area contributed by atoms with Crippen LogP contribution in [0.15, 0.2) is 72.8 Å². The SMILES string of the molecule is Cc1ccccc1Nc1ccc(-c2ccccc2)cc1C. The van der Waals surface area contributed by atoms with Gasteiger partial charge in [0.1, 0.15) is 0 Å². The quantitative estimate of drug-likeness (QED) is 0.644. The molecule has 3 aromatic rings. The van der Waals surface area contributed by atoms with E-state index in [4.69, 9.17) is 0 Å². The first kappa shape index (κ1) is 13.4. The third-order valence-electron chi connectivity index (χ3n) is 3.75. The maximum absolute atomic E-state index is 3.52. The zero-order valence-corrected chi connectivity index (χ0v) is 12.4. The minimum atomic E-state index is 1.16. The summed E-state index contributed by atoms with van der Waals surface area (Å²) in [4.78, 5) is 0. The molecule has 0 heterocycles. The Balaban J connectivity index is 1.90. The summed E-state index contributed by atoms with van der Waals surface area (Å²) in [6, 6.07) is 25.4. The fourth-order valence-electron chi connectivity index (χ4n) is 2.47. The molecule has 0 saturated heterocycles. The second-order valence-electron chi connectivity index (χ2n) is 5.34. The van der Waals surface area contributed by atoms with Gasteiger partial charge in [-0.3, -0.25) is 0 Å². The van der Waals surface area contributed by atoms with Crippen LogP contribution in [-0.2, 0) is 0 Å². The molecule has 0 unspecified atom stereocenters. The first-order valence-electron chi connectivity index (χ1n) is 7.23. The third kappa shape index (κ3) is 2.97. The van der Waals surface area contributed by atoms with Gasteiger partial charge in [0.2, 0.25) is 0 Å². The lowest BCUT2D eigenvalue weighted by molar-refractivity contribution is 1.39. The molecule has 3 aromatic carbocycles. The van der Waals surface area contributed by atoms with E-state index in [9.17, 15) is 0 Å². The Hall–Kier alpha value is -2.54. The standard InChI is InChI=1S/C20H19N/c1-15-8-6-7-11-19(15)21-20-13-12-18(14-16(20)2)17-9-4-3-5-10-17/h3-14,21H,1-2H3. The highest BCUT2D eigenvalue weighted by molar-refractivity contribution is 5.72. The van der Waals surface area contributed by atoms with Crippen LogP contribution in [0.1, 0.15) is 11.1 Å². The number of anilines is 2. The van der Waals surface area contributed by atoms with Gasteiger partial charge in [0.05, 0.1) is 0 Å². The molecule has 21 heavy (non-hydrogen) atoms. The van der Waals surface area contributed by atoms with E-state index >= 15 is 0 Å². The van der Waals surface area contributed by atoms with E-state index in [1.54, 1.807) is 0 Å². The summed E-state index contributed by atoms with van der Waals surface area (Å²) in [5.41, 5.74) is 7.33. The molecule has 0 fully saturated rings. The number of hydrogen-bond donors (Lipinski definition) is 1. The van der Waals surface area contributed by atoms with Gasteiger partial charge < -0.3 is 5.32 Å². The molecule has 1 N–H and O–H groups in total. The molecule has 0 aliphatic carbocycles. The van der Waals surface area contributed by atoms with Gasteiger partial charge in [-0.2, -0.15) is 0 Å². The summed E-state index contributed by atoms with van der Waals surface area (Å²) in [7, 11) is 0. The van der Waals surface area contributed by atoms with Crippen LogP contribution in [0, 0.1) is 13.8 Å². The molecule has 0 aromatic heterocycles. The summed E-state index contributed by atoms with van der Waals surface area (Å²) in [5.74, 6) is 0. The minimum Gasteiger partial charge on any atom is -0.355 e. The van der Waals surface area contributed by atoms with Gasteiger partial charge in [-0.25, -0.2) is 0 Å². The lowest BCUT2D eigenvalue weighted by Gasteiger charge is -2.13. The Morgan fingerprint density at radius 3 is 1.95 bits per heavy atom. The molecule has 0 aliphatic heterocycles. The van der Waals surface area contributed by atoms with E-state index in [-0.39, 0.29) is 0 Å². The number of aryl methyl sites for hydroxylation is 2. The van der Waals surface area contributed by atoms with Crippen molar-refractivity contribution in [2.45, 2.75) is 13.8 Å². The maximum atomic E-state index is 3.52. The van der Waals surface area contributed by atoms with Crippen LogP contribution in [0.4, 0.5) is 11.4 Å². The van der Waals surface area contributed by atoms with Gasteiger partial charge in [-0.1, -0.05) is 54.6 Å². The molecule has 0 saturated carbocycles. The first-order valence-corrected chi connectivity index (χ1v) is 7.23. The van der Waals surface area contributed by atoms with Gasteiger partial charge in [0.25, 0.3) is 0 Å². The summed E-state index contributed by atoms with van der Waals surface area (Å²) >= 11 is 0. The van der Waals surface area contributed by atoms with Gasteiger partial charge in [-0.15, -0.1) is 0 Å². The second-order valence-corrected chi connectivity index (χ2v) is 5.34. The normalized spacial score (nSPS) is 10.4. The molecule has 0 radical (unpaired) electrons. The molecular weight excluding hydrogens is 254 g/mol. The van der Waals surface area contributed by atoms with Crippen molar-refractivity contribution >= 4 is 11.4 Å². The number of nitrogens with one attached hydrogen (secondary N) is 1. The molecule has 0 bridgehead atoms. The van der Waals surface area contributed by atoms with Gasteiger partial charge in [0.15, 0.2) is 0 Å². The van der Waals surface area contributed by atoms with Crippen LogP contribution in [0.2, 0.25) is 0 Å². The Kier molecular flexibility index (Phi) is 3.74. The van der Waals surface area contributed by atoms with Crippen LogP contribution >= 0.6 is 0 Å². The van der Waals surface area contributed by atoms with Gasteiger partial charge >= 0.3 is 0 Å². The van der Waals surface area contributed by atoms with Crippen molar-refractivity contribution in [1.82, 2.24) is 0 Å². The van der Waals surface area contributed by atoms with Crippen molar-refractivity contribution < 1.29 is 0 Å². The molecule has 3 rings (SSSR count). The van der Waals surface area contributed by atoms with E-state index in [2.05, 4.69) is 85.9 Å². The van der Waals surface area contributed by atoms with Crippen molar-refractivity contribution in [2.24, 2.45) is 0 Å². The van der Waals surface area contributed by atoms with Crippen molar-refractivity contribution in [3.8, 4) is 11.1 Å². The third-order valence-corrected chi connectivity index (χ3v) is 3.75. The molecule has 0 atom stereocenters. The molecule has 0 amide bonds. The second kappa shape index (κ2) is 5.84. The van der Waals surface area contributed by atoms with Crippen LogP contribution in [0.25, 0.3) is 11.1 Å². The number of benzene rings is 3. The molecule has 0 aliphatic rings. The average Bonchev–Trinajstić information content (AvgIpc) is 2.52. The van der Waals surface area contributed by atoms with Crippen molar-refractivity contribution in [2.75, 3.05) is 5.32 Å². The fourth-order valence-corrected chi connectivity index (χ4v) is 2.47. The van der Waals surface area contributed by atoms with Crippen LogP contribution < -0.4 is 5.32 Å². The lowest BCUT2D eigenvalue weighted by Crippen LogP contribution is -1.95. The zero-order valence-electron chi connectivity index (χ0n) is 12.4. The number of rotatable bonds is 3. The zero-order chi connectivity index (χ0) is 14.7. The monoisotopic (exact) mass is 273 g/mol. The largest absolute Gasteiger partial charge is 0.355 e. The fraction of sp³-hybridized carbons (Fsp3) is 0.100. The highest BCUT2D eigenvalue weighted by Gasteiger charge is 2.03. The number of hydrogen-bond acceptors (Lipinski definition) is 1. The van der Waals surface area contributed by atoms with E-state index < -0.39 is 0 Å². The van der Waals surface area contributed by atoms with Crippen molar-refractivity contribution in [3.05, 3.63) is 83.9 Å².